The molecule has 0 radical (unpaired) electrons. The van der Waals surface area contributed by atoms with E-state index in [1.54, 1.807) is 6.92 Å². The molecule has 9 nitrogen and oxygen atoms in total. The number of hydrogen-bond acceptors (Lipinski definition) is 6. The van der Waals surface area contributed by atoms with E-state index in [1.807, 2.05) is 56.3 Å². The van der Waals surface area contributed by atoms with Crippen molar-refractivity contribution >= 4 is 23.8 Å². The SMILES string of the molecule is CC(C)C[C@@H](C(=O)NN(CC1CC1)C(=O)[C@@H](C)N)[C@H](C/C=C/c1ccccc1)C(=O)NOC1CCCCO1. The molecular weight excluding hydrogens is 484 g/mol. The minimum absolute atomic E-state index is 0.141. The largest absolute Gasteiger partial charge is 0.350 e. The van der Waals surface area contributed by atoms with Gasteiger partial charge < -0.3 is 10.5 Å². The van der Waals surface area contributed by atoms with E-state index in [0.717, 1.165) is 31.2 Å². The van der Waals surface area contributed by atoms with Gasteiger partial charge in [0.05, 0.1) is 17.9 Å². The molecule has 210 valence electrons. The molecule has 1 unspecified atom stereocenters. The number of nitrogens with one attached hydrogen (secondary N) is 2. The first-order valence-corrected chi connectivity index (χ1v) is 13.9. The predicted octanol–water partition coefficient (Wildman–Crippen LogP) is 3.56. The highest BCUT2D eigenvalue weighted by molar-refractivity contribution is 5.89. The topological polar surface area (TPSA) is 123 Å². The van der Waals surface area contributed by atoms with Gasteiger partial charge in [-0.05, 0) is 62.8 Å². The Balaban J connectivity index is 1.78. The lowest BCUT2D eigenvalue weighted by Crippen LogP contribution is -2.55. The van der Waals surface area contributed by atoms with Crippen LogP contribution in [0.2, 0.25) is 0 Å². The van der Waals surface area contributed by atoms with Crippen LogP contribution in [0.15, 0.2) is 36.4 Å². The molecule has 0 spiro atoms. The summed E-state index contributed by atoms with van der Waals surface area (Å²) in [5.41, 5.74) is 12.2. The Morgan fingerprint density at radius 3 is 2.42 bits per heavy atom. The van der Waals surface area contributed by atoms with Gasteiger partial charge in [-0.2, -0.15) is 0 Å². The lowest BCUT2D eigenvalue weighted by molar-refractivity contribution is -0.203. The first kappa shape index (κ1) is 29.8. The Morgan fingerprint density at radius 1 is 1.08 bits per heavy atom. The summed E-state index contributed by atoms with van der Waals surface area (Å²) in [4.78, 5) is 45.5. The van der Waals surface area contributed by atoms with Gasteiger partial charge in [-0.3, -0.25) is 24.8 Å². The smallest absolute Gasteiger partial charge is 0.257 e. The summed E-state index contributed by atoms with van der Waals surface area (Å²) in [6.45, 7) is 6.64. The second kappa shape index (κ2) is 15.0. The third kappa shape index (κ3) is 9.85. The maximum Gasteiger partial charge on any atom is 0.257 e. The van der Waals surface area contributed by atoms with E-state index >= 15 is 0 Å². The number of nitrogens with zero attached hydrogens (tertiary/aromatic N) is 1. The summed E-state index contributed by atoms with van der Waals surface area (Å²) in [6, 6.07) is 9.04. The van der Waals surface area contributed by atoms with Crippen molar-refractivity contribution < 1.29 is 24.0 Å². The number of rotatable bonds is 13. The van der Waals surface area contributed by atoms with Gasteiger partial charge in [0.2, 0.25) is 11.8 Å². The van der Waals surface area contributed by atoms with Gasteiger partial charge in [-0.15, -0.1) is 0 Å². The molecule has 1 heterocycles. The zero-order chi connectivity index (χ0) is 27.5. The molecular formula is C29H44N4O5. The highest BCUT2D eigenvalue weighted by atomic mass is 16.8. The van der Waals surface area contributed by atoms with Crippen molar-refractivity contribution in [2.75, 3.05) is 13.2 Å². The molecule has 2 aliphatic rings. The normalized spacial score (nSPS) is 20.1. The number of hydrogen-bond donors (Lipinski definition) is 3. The lowest BCUT2D eigenvalue weighted by atomic mass is 9.82. The Hall–Kier alpha value is -2.75. The van der Waals surface area contributed by atoms with Crippen LogP contribution in [0.3, 0.4) is 0 Å². The summed E-state index contributed by atoms with van der Waals surface area (Å²) < 4.78 is 5.58. The van der Waals surface area contributed by atoms with Crippen molar-refractivity contribution in [1.29, 1.82) is 0 Å². The van der Waals surface area contributed by atoms with Crippen molar-refractivity contribution in [3.05, 3.63) is 42.0 Å². The molecule has 38 heavy (non-hydrogen) atoms. The number of ether oxygens (including phenoxy) is 1. The summed E-state index contributed by atoms with van der Waals surface area (Å²) in [5, 5.41) is 1.35. The van der Waals surface area contributed by atoms with Crippen LogP contribution in [0.5, 0.6) is 0 Å². The van der Waals surface area contributed by atoms with Crippen LogP contribution in [0.25, 0.3) is 6.08 Å². The van der Waals surface area contributed by atoms with Gasteiger partial charge in [0.1, 0.15) is 0 Å². The van der Waals surface area contributed by atoms with Crippen molar-refractivity contribution in [2.24, 2.45) is 29.4 Å². The zero-order valence-corrected chi connectivity index (χ0v) is 22.9. The molecule has 1 aliphatic carbocycles. The molecule has 4 atom stereocenters. The average Bonchev–Trinajstić information content (AvgIpc) is 3.73. The van der Waals surface area contributed by atoms with Crippen LogP contribution in [-0.2, 0) is 24.0 Å². The fraction of sp³-hybridized carbons (Fsp3) is 0.621. The minimum Gasteiger partial charge on any atom is -0.350 e. The van der Waals surface area contributed by atoms with Crippen molar-refractivity contribution in [2.45, 2.75) is 78.0 Å². The maximum absolute atomic E-state index is 13.7. The molecule has 0 bridgehead atoms. The van der Waals surface area contributed by atoms with E-state index in [0.29, 0.717) is 38.3 Å². The van der Waals surface area contributed by atoms with Crippen LogP contribution in [-0.4, -0.2) is 48.2 Å². The fourth-order valence-electron chi connectivity index (χ4n) is 4.55. The van der Waals surface area contributed by atoms with Crippen molar-refractivity contribution in [3.8, 4) is 0 Å². The van der Waals surface area contributed by atoms with Crippen LogP contribution < -0.4 is 16.6 Å². The van der Waals surface area contributed by atoms with Gasteiger partial charge in [-0.25, -0.2) is 10.3 Å². The number of amides is 3. The van der Waals surface area contributed by atoms with E-state index < -0.39 is 24.2 Å². The summed E-state index contributed by atoms with van der Waals surface area (Å²) in [5.74, 6) is -1.99. The van der Waals surface area contributed by atoms with Crippen molar-refractivity contribution in [3.63, 3.8) is 0 Å². The molecule has 1 saturated heterocycles. The summed E-state index contributed by atoms with van der Waals surface area (Å²) >= 11 is 0. The quantitative estimate of drug-likeness (QED) is 0.337. The molecule has 2 fully saturated rings. The Kier molecular flexibility index (Phi) is 11.8. The minimum atomic E-state index is -0.741. The molecule has 9 heteroatoms. The molecule has 4 N–H and O–H groups in total. The Morgan fingerprint density at radius 2 is 1.82 bits per heavy atom. The second-order valence-electron chi connectivity index (χ2n) is 10.9. The van der Waals surface area contributed by atoms with E-state index in [4.69, 9.17) is 15.3 Å². The number of nitrogens with two attached hydrogens (primary N) is 1. The number of carbonyl (C=O) groups is 3. The van der Waals surface area contributed by atoms with E-state index in [1.165, 1.54) is 5.01 Å². The standard InChI is InChI=1S/C29H44N4O5/c1-20(2)18-25(27(34)31-33(19-23-15-16-23)29(36)21(3)30)24(13-9-12-22-10-5-4-6-11-22)28(35)32-38-26-14-7-8-17-37-26/h4-6,9-12,20-21,23-26H,7-8,13-19,30H2,1-3H3,(H,31,34)(H,32,35)/b12-9+/t21-,24+,25-,26?/m1/s1. The van der Waals surface area contributed by atoms with Gasteiger partial charge >= 0.3 is 0 Å². The van der Waals surface area contributed by atoms with Crippen LogP contribution >= 0.6 is 0 Å². The molecule has 1 saturated carbocycles. The van der Waals surface area contributed by atoms with E-state index in [9.17, 15) is 14.4 Å². The monoisotopic (exact) mass is 528 g/mol. The Labute approximate surface area is 226 Å². The zero-order valence-electron chi connectivity index (χ0n) is 22.9. The van der Waals surface area contributed by atoms with Crippen LogP contribution in [0, 0.1) is 23.7 Å². The number of carbonyl (C=O) groups excluding carboxylic acids is 3. The van der Waals surface area contributed by atoms with E-state index in [-0.39, 0.29) is 23.6 Å². The average molecular weight is 529 g/mol. The van der Waals surface area contributed by atoms with Gasteiger partial charge in [-0.1, -0.05) is 56.3 Å². The van der Waals surface area contributed by atoms with Gasteiger partial charge in [0, 0.05) is 19.6 Å². The third-order valence-corrected chi connectivity index (χ3v) is 6.85. The number of hydrazine groups is 1. The highest BCUT2D eigenvalue weighted by Gasteiger charge is 2.37. The maximum atomic E-state index is 13.7. The first-order valence-electron chi connectivity index (χ1n) is 13.9. The third-order valence-electron chi connectivity index (χ3n) is 6.85. The summed E-state index contributed by atoms with van der Waals surface area (Å²) in [7, 11) is 0. The molecule has 3 amide bonds. The van der Waals surface area contributed by atoms with Crippen LogP contribution in [0.4, 0.5) is 0 Å². The number of allylic oxidation sites excluding steroid dienone is 1. The first-order chi connectivity index (χ1) is 18.2. The van der Waals surface area contributed by atoms with E-state index in [2.05, 4.69) is 10.9 Å². The summed E-state index contributed by atoms with van der Waals surface area (Å²) in [6.07, 6.45) is 8.81. The number of benzene rings is 1. The Bertz CT molecular complexity index is 926. The van der Waals surface area contributed by atoms with Crippen molar-refractivity contribution in [1.82, 2.24) is 15.9 Å². The molecule has 1 aliphatic heterocycles. The van der Waals surface area contributed by atoms with Crippen LogP contribution in [0.1, 0.15) is 71.3 Å². The predicted molar refractivity (Wildman–Crippen MR) is 146 cm³/mol. The molecule has 3 rings (SSSR count). The number of hydroxylamine groups is 1. The highest BCUT2D eigenvalue weighted by Crippen LogP contribution is 2.30. The van der Waals surface area contributed by atoms with Gasteiger partial charge in [0.25, 0.3) is 5.91 Å². The fourth-order valence-corrected chi connectivity index (χ4v) is 4.55. The second-order valence-corrected chi connectivity index (χ2v) is 10.9. The molecule has 0 aromatic heterocycles. The lowest BCUT2D eigenvalue weighted by Gasteiger charge is -2.31. The molecule has 1 aromatic rings. The van der Waals surface area contributed by atoms with Gasteiger partial charge in [0.15, 0.2) is 6.29 Å². The molecule has 1 aromatic carbocycles.